The van der Waals surface area contributed by atoms with Crippen LogP contribution in [0, 0.1) is 0 Å². The zero-order chi connectivity index (χ0) is 16.6. The summed E-state index contributed by atoms with van der Waals surface area (Å²) in [6.07, 6.45) is 5.14. The average molecular weight is 325 g/mol. The molecule has 2 heterocycles. The van der Waals surface area contributed by atoms with Gasteiger partial charge in [-0.15, -0.1) is 0 Å². The number of nitrogens with one attached hydrogen (secondary N) is 1. The lowest BCUT2D eigenvalue weighted by Crippen LogP contribution is -2.33. The van der Waals surface area contributed by atoms with Crippen molar-refractivity contribution in [3.8, 4) is 0 Å². The molecule has 0 saturated carbocycles. The highest BCUT2D eigenvalue weighted by Gasteiger charge is 2.17. The van der Waals surface area contributed by atoms with E-state index in [1.807, 2.05) is 54.7 Å². The zero-order valence-electron chi connectivity index (χ0n) is 13.2. The molecule has 0 aliphatic heterocycles. The summed E-state index contributed by atoms with van der Waals surface area (Å²) in [4.78, 5) is 12.0. The summed E-state index contributed by atoms with van der Waals surface area (Å²) in [5.41, 5.74) is 1.04. The van der Waals surface area contributed by atoms with Crippen molar-refractivity contribution < 1.29 is 13.9 Å². The maximum atomic E-state index is 12.0. The minimum absolute atomic E-state index is 0.0128. The van der Waals surface area contributed by atoms with E-state index < -0.39 is 0 Å². The number of nitrogens with zero attached hydrogens (tertiary/aromatic N) is 2. The largest absolute Gasteiger partial charge is 0.467 e. The maximum absolute atomic E-state index is 12.0. The number of hydrogen-bond acceptors (Lipinski definition) is 4. The maximum Gasteiger partial charge on any atom is 0.246 e. The quantitative estimate of drug-likeness (QED) is 0.690. The summed E-state index contributed by atoms with van der Waals surface area (Å²) >= 11 is 0. The molecule has 0 radical (unpaired) electrons. The third-order valence-corrected chi connectivity index (χ3v) is 3.55. The molecule has 0 spiro atoms. The Hall–Kier alpha value is -2.86. The first-order valence-electron chi connectivity index (χ1n) is 7.74. The molecule has 1 unspecified atom stereocenters. The molecule has 0 aliphatic rings. The summed E-state index contributed by atoms with van der Waals surface area (Å²) in [6.45, 7) is 0.802. The summed E-state index contributed by atoms with van der Waals surface area (Å²) in [5, 5.41) is 7.09. The zero-order valence-corrected chi connectivity index (χ0v) is 13.2. The van der Waals surface area contributed by atoms with Crippen molar-refractivity contribution in [2.75, 3.05) is 13.2 Å². The normalized spacial score (nSPS) is 12.0. The predicted octanol–water partition coefficient (Wildman–Crippen LogP) is 2.40. The molecule has 1 N–H and O–H groups in total. The Morgan fingerprint density at radius 2 is 2.08 bits per heavy atom. The van der Waals surface area contributed by atoms with Gasteiger partial charge in [0.25, 0.3) is 0 Å². The first kappa shape index (κ1) is 16.0. The van der Waals surface area contributed by atoms with Crippen LogP contribution >= 0.6 is 0 Å². The van der Waals surface area contributed by atoms with Gasteiger partial charge in [-0.25, -0.2) is 0 Å². The van der Waals surface area contributed by atoms with E-state index >= 15 is 0 Å². The van der Waals surface area contributed by atoms with Gasteiger partial charge in [-0.1, -0.05) is 30.3 Å². The number of ether oxygens (including phenoxy) is 1. The monoisotopic (exact) mass is 325 g/mol. The number of rotatable bonds is 8. The molecule has 0 saturated heterocycles. The highest BCUT2D eigenvalue weighted by molar-refractivity contribution is 5.77. The molecule has 124 valence electrons. The summed E-state index contributed by atoms with van der Waals surface area (Å²) in [6, 6.07) is 15.1. The van der Waals surface area contributed by atoms with Crippen LogP contribution in [0.1, 0.15) is 17.4 Å². The van der Waals surface area contributed by atoms with Crippen LogP contribution in [0.25, 0.3) is 0 Å². The van der Waals surface area contributed by atoms with Crippen LogP contribution in [-0.2, 0) is 16.1 Å². The lowest BCUT2D eigenvalue weighted by atomic mass is 10.2. The van der Waals surface area contributed by atoms with Crippen LogP contribution < -0.4 is 5.32 Å². The fraction of sp³-hybridized carbons (Fsp3) is 0.222. The van der Waals surface area contributed by atoms with E-state index in [9.17, 15) is 4.79 Å². The van der Waals surface area contributed by atoms with Crippen LogP contribution in [0.4, 0.5) is 0 Å². The third-order valence-electron chi connectivity index (χ3n) is 3.55. The number of aromatic nitrogens is 2. The van der Waals surface area contributed by atoms with Gasteiger partial charge >= 0.3 is 0 Å². The number of carbonyl (C=O) groups excluding carboxylic acids is 1. The molecule has 0 aliphatic carbocycles. The lowest BCUT2D eigenvalue weighted by Gasteiger charge is -2.16. The Balaban J connectivity index is 1.49. The SMILES string of the molecule is O=C(COCc1ccccc1)NCC(c1ccco1)n1cccn1. The molecular weight excluding hydrogens is 306 g/mol. The first-order valence-corrected chi connectivity index (χ1v) is 7.74. The van der Waals surface area contributed by atoms with E-state index in [1.54, 1.807) is 17.1 Å². The smallest absolute Gasteiger partial charge is 0.246 e. The summed E-state index contributed by atoms with van der Waals surface area (Å²) in [5.74, 6) is 0.568. The van der Waals surface area contributed by atoms with Crippen molar-refractivity contribution in [2.45, 2.75) is 12.6 Å². The first-order chi connectivity index (χ1) is 11.8. The van der Waals surface area contributed by atoms with Gasteiger partial charge in [0.05, 0.1) is 12.9 Å². The Labute approximate surface area is 140 Å². The van der Waals surface area contributed by atoms with Crippen LogP contribution in [0.2, 0.25) is 0 Å². The van der Waals surface area contributed by atoms with Gasteiger partial charge in [0.15, 0.2) is 0 Å². The van der Waals surface area contributed by atoms with Gasteiger partial charge in [-0.05, 0) is 23.8 Å². The van der Waals surface area contributed by atoms with E-state index in [0.29, 0.717) is 13.2 Å². The highest BCUT2D eigenvalue weighted by Crippen LogP contribution is 2.17. The van der Waals surface area contributed by atoms with E-state index in [-0.39, 0.29) is 18.6 Å². The molecule has 1 atom stereocenters. The second kappa shape index (κ2) is 8.12. The fourth-order valence-corrected chi connectivity index (χ4v) is 2.37. The molecular formula is C18H19N3O3. The average Bonchev–Trinajstić information content (AvgIpc) is 3.30. The Morgan fingerprint density at radius 1 is 1.21 bits per heavy atom. The predicted molar refractivity (Wildman–Crippen MR) is 88.2 cm³/mol. The van der Waals surface area contributed by atoms with Crippen molar-refractivity contribution >= 4 is 5.91 Å². The molecule has 3 rings (SSSR count). The topological polar surface area (TPSA) is 69.3 Å². The van der Waals surface area contributed by atoms with Crippen LogP contribution in [0.5, 0.6) is 0 Å². The van der Waals surface area contributed by atoms with Gasteiger partial charge in [0, 0.05) is 18.9 Å². The minimum atomic E-state index is -0.187. The minimum Gasteiger partial charge on any atom is -0.467 e. The second-order valence-electron chi connectivity index (χ2n) is 5.30. The number of furan rings is 1. The van der Waals surface area contributed by atoms with Crippen LogP contribution in [-0.4, -0.2) is 28.8 Å². The van der Waals surface area contributed by atoms with Gasteiger partial charge in [-0.2, -0.15) is 5.10 Å². The summed E-state index contributed by atoms with van der Waals surface area (Å²) in [7, 11) is 0. The molecule has 0 bridgehead atoms. The van der Waals surface area contributed by atoms with Crippen LogP contribution in [0.15, 0.2) is 71.6 Å². The van der Waals surface area contributed by atoms with Gasteiger partial charge < -0.3 is 14.5 Å². The van der Waals surface area contributed by atoms with Crippen molar-refractivity contribution in [3.63, 3.8) is 0 Å². The second-order valence-corrected chi connectivity index (χ2v) is 5.30. The van der Waals surface area contributed by atoms with Crippen LogP contribution in [0.3, 0.4) is 0 Å². The molecule has 6 heteroatoms. The molecule has 1 amide bonds. The van der Waals surface area contributed by atoms with Gasteiger partial charge in [-0.3, -0.25) is 9.48 Å². The van der Waals surface area contributed by atoms with Gasteiger partial charge in [0.1, 0.15) is 18.4 Å². The van der Waals surface area contributed by atoms with E-state index in [0.717, 1.165) is 11.3 Å². The Bertz CT molecular complexity index is 690. The van der Waals surface area contributed by atoms with Crippen molar-refractivity contribution in [2.24, 2.45) is 0 Å². The standard InChI is InChI=1S/C18H19N3O3/c22-18(14-23-13-15-6-2-1-3-7-15)19-12-16(17-8-4-11-24-17)21-10-5-9-20-21/h1-11,16H,12-14H2,(H,19,22). The number of benzene rings is 1. The van der Waals surface area contributed by atoms with Crippen molar-refractivity contribution in [1.82, 2.24) is 15.1 Å². The number of carbonyl (C=O) groups is 1. The third kappa shape index (κ3) is 4.33. The molecule has 2 aromatic heterocycles. The van der Waals surface area contributed by atoms with Crippen molar-refractivity contribution in [1.29, 1.82) is 0 Å². The Morgan fingerprint density at radius 3 is 2.79 bits per heavy atom. The lowest BCUT2D eigenvalue weighted by molar-refractivity contribution is -0.126. The Kier molecular flexibility index (Phi) is 5.42. The molecule has 1 aromatic carbocycles. The molecule has 3 aromatic rings. The van der Waals surface area contributed by atoms with Crippen molar-refractivity contribution in [3.05, 3.63) is 78.5 Å². The summed E-state index contributed by atoms with van der Waals surface area (Å²) < 4.78 is 12.6. The highest BCUT2D eigenvalue weighted by atomic mass is 16.5. The van der Waals surface area contributed by atoms with E-state index in [4.69, 9.17) is 9.15 Å². The molecule has 24 heavy (non-hydrogen) atoms. The number of amides is 1. The van der Waals surface area contributed by atoms with Gasteiger partial charge in [0.2, 0.25) is 5.91 Å². The number of hydrogen-bond donors (Lipinski definition) is 1. The molecule has 6 nitrogen and oxygen atoms in total. The fourth-order valence-electron chi connectivity index (χ4n) is 2.37. The van der Waals surface area contributed by atoms with E-state index in [1.165, 1.54) is 0 Å². The van der Waals surface area contributed by atoms with E-state index in [2.05, 4.69) is 10.4 Å². The molecule has 0 fully saturated rings.